The Labute approximate surface area is 137 Å². The molecule has 0 aromatic heterocycles. The van der Waals surface area contributed by atoms with Gasteiger partial charge in [0.1, 0.15) is 0 Å². The third kappa shape index (κ3) is 3.02. The van der Waals surface area contributed by atoms with Gasteiger partial charge in [0.15, 0.2) is 5.70 Å². The number of benzene rings is 2. The molecule has 0 N–H and O–H groups in total. The van der Waals surface area contributed by atoms with E-state index < -0.39 is 5.97 Å². The average molecular weight is 356 g/mol. The van der Waals surface area contributed by atoms with E-state index in [1.54, 1.807) is 6.08 Å². The second-order valence-electron chi connectivity index (χ2n) is 5.19. The third-order valence-corrected chi connectivity index (χ3v) is 4.02. The summed E-state index contributed by atoms with van der Waals surface area (Å²) in [6.07, 6.45) is 1.72. The summed E-state index contributed by atoms with van der Waals surface area (Å²) in [5, 5.41) is 0. The predicted molar refractivity (Wildman–Crippen MR) is 90.7 cm³/mol. The maximum atomic E-state index is 12.0. The second-order valence-corrected chi connectivity index (χ2v) is 6.11. The van der Waals surface area contributed by atoms with Crippen LogP contribution in [-0.4, -0.2) is 11.9 Å². The molecule has 4 heteroatoms. The molecule has 0 aliphatic carbocycles. The van der Waals surface area contributed by atoms with Crippen LogP contribution in [0.1, 0.15) is 22.3 Å². The summed E-state index contributed by atoms with van der Waals surface area (Å²) in [6, 6.07) is 13.6. The van der Waals surface area contributed by atoms with Crippen LogP contribution in [0.3, 0.4) is 0 Å². The summed E-state index contributed by atoms with van der Waals surface area (Å²) in [6.45, 7) is 4.06. The predicted octanol–water partition coefficient (Wildman–Crippen LogP) is 4.41. The highest BCUT2D eigenvalue weighted by Crippen LogP contribution is 2.21. The molecular formula is C18H14BrNO2. The standard InChI is InChI=1S/C18H14BrNO2/c1-11-6-7-14(8-12(11)2)17-20-16(18(21)22-17)10-13-4-3-5-15(19)9-13/h3-10H,1-2H3. The number of aliphatic imine (C=N–C) groups is 1. The zero-order valence-electron chi connectivity index (χ0n) is 12.3. The SMILES string of the molecule is Cc1ccc(C2=NC(=Cc3cccc(Br)c3)C(=O)O2)cc1C. The fraction of sp³-hybridized carbons (Fsp3) is 0.111. The smallest absolute Gasteiger partial charge is 0.363 e. The van der Waals surface area contributed by atoms with Crippen molar-refractivity contribution in [2.75, 3.05) is 0 Å². The van der Waals surface area contributed by atoms with Crippen LogP contribution in [0.15, 0.2) is 57.6 Å². The van der Waals surface area contributed by atoms with Crippen molar-refractivity contribution in [2.45, 2.75) is 13.8 Å². The van der Waals surface area contributed by atoms with E-state index in [4.69, 9.17) is 4.74 Å². The minimum absolute atomic E-state index is 0.311. The van der Waals surface area contributed by atoms with E-state index in [0.29, 0.717) is 11.6 Å². The quantitative estimate of drug-likeness (QED) is 0.591. The van der Waals surface area contributed by atoms with Crippen LogP contribution in [0, 0.1) is 13.8 Å². The first-order valence-electron chi connectivity index (χ1n) is 6.89. The summed E-state index contributed by atoms with van der Waals surface area (Å²) >= 11 is 3.41. The lowest BCUT2D eigenvalue weighted by molar-refractivity contribution is -0.129. The maximum absolute atomic E-state index is 12.0. The molecule has 3 nitrogen and oxygen atoms in total. The Morgan fingerprint density at radius 3 is 2.64 bits per heavy atom. The van der Waals surface area contributed by atoms with E-state index in [9.17, 15) is 4.79 Å². The van der Waals surface area contributed by atoms with E-state index in [1.165, 1.54) is 5.56 Å². The maximum Gasteiger partial charge on any atom is 0.363 e. The van der Waals surface area contributed by atoms with Gasteiger partial charge in [-0.1, -0.05) is 34.1 Å². The van der Waals surface area contributed by atoms with Gasteiger partial charge in [0.2, 0.25) is 5.90 Å². The highest BCUT2D eigenvalue weighted by molar-refractivity contribution is 9.10. The Bertz CT molecular complexity index is 822. The van der Waals surface area contributed by atoms with Crippen LogP contribution in [0.2, 0.25) is 0 Å². The number of aryl methyl sites for hydroxylation is 2. The Morgan fingerprint density at radius 2 is 1.91 bits per heavy atom. The fourth-order valence-electron chi connectivity index (χ4n) is 2.16. The number of hydrogen-bond donors (Lipinski definition) is 0. The molecule has 1 aliphatic heterocycles. The molecule has 2 aromatic carbocycles. The average Bonchev–Trinajstić information content (AvgIpc) is 2.83. The summed E-state index contributed by atoms with van der Waals surface area (Å²) in [4.78, 5) is 16.3. The van der Waals surface area contributed by atoms with E-state index >= 15 is 0 Å². The normalized spacial score (nSPS) is 15.9. The minimum Gasteiger partial charge on any atom is -0.402 e. The van der Waals surface area contributed by atoms with Crippen LogP contribution >= 0.6 is 15.9 Å². The lowest BCUT2D eigenvalue weighted by atomic mass is 10.1. The Kier molecular flexibility index (Phi) is 3.94. The Balaban J connectivity index is 1.96. The van der Waals surface area contributed by atoms with Gasteiger partial charge < -0.3 is 4.74 Å². The van der Waals surface area contributed by atoms with Gasteiger partial charge in [0.05, 0.1) is 0 Å². The van der Waals surface area contributed by atoms with Crippen molar-refractivity contribution in [1.82, 2.24) is 0 Å². The highest BCUT2D eigenvalue weighted by Gasteiger charge is 2.24. The van der Waals surface area contributed by atoms with Gasteiger partial charge in [-0.3, -0.25) is 0 Å². The molecule has 3 rings (SSSR count). The molecule has 0 saturated heterocycles. The minimum atomic E-state index is -0.423. The fourth-order valence-corrected chi connectivity index (χ4v) is 2.58. The van der Waals surface area contributed by atoms with Gasteiger partial charge in [0.25, 0.3) is 0 Å². The number of carbonyl (C=O) groups excluding carboxylic acids is 1. The van der Waals surface area contributed by atoms with Crippen molar-refractivity contribution < 1.29 is 9.53 Å². The summed E-state index contributed by atoms with van der Waals surface area (Å²) in [5.41, 5.74) is 4.35. The molecule has 0 unspecified atom stereocenters. The number of carbonyl (C=O) groups is 1. The number of hydrogen-bond acceptors (Lipinski definition) is 3. The highest BCUT2D eigenvalue weighted by atomic mass is 79.9. The molecular weight excluding hydrogens is 342 g/mol. The van der Waals surface area contributed by atoms with Crippen molar-refractivity contribution in [3.8, 4) is 0 Å². The first-order valence-corrected chi connectivity index (χ1v) is 7.68. The van der Waals surface area contributed by atoms with Gasteiger partial charge in [-0.05, 0) is 60.9 Å². The zero-order chi connectivity index (χ0) is 15.7. The lowest BCUT2D eigenvalue weighted by Gasteiger charge is -2.03. The molecule has 1 aliphatic rings. The number of cyclic esters (lactones) is 1. The number of ether oxygens (including phenoxy) is 1. The van der Waals surface area contributed by atoms with Crippen molar-refractivity contribution in [3.63, 3.8) is 0 Å². The van der Waals surface area contributed by atoms with E-state index in [-0.39, 0.29) is 0 Å². The van der Waals surface area contributed by atoms with Crippen LogP contribution in [-0.2, 0) is 9.53 Å². The van der Waals surface area contributed by atoms with E-state index in [0.717, 1.165) is 21.2 Å². The number of esters is 1. The van der Waals surface area contributed by atoms with Crippen LogP contribution in [0.25, 0.3) is 6.08 Å². The molecule has 0 spiro atoms. The first kappa shape index (κ1) is 14.7. The first-order chi connectivity index (χ1) is 10.5. The molecule has 0 atom stereocenters. The summed E-state index contributed by atoms with van der Waals surface area (Å²) in [7, 11) is 0. The molecule has 0 fully saturated rings. The molecule has 1 heterocycles. The number of rotatable bonds is 2. The van der Waals surface area contributed by atoms with Crippen LogP contribution in [0.5, 0.6) is 0 Å². The molecule has 110 valence electrons. The number of halogens is 1. The topological polar surface area (TPSA) is 38.7 Å². The molecule has 0 radical (unpaired) electrons. The molecule has 2 aromatic rings. The van der Waals surface area contributed by atoms with Crippen molar-refractivity contribution in [2.24, 2.45) is 4.99 Å². The third-order valence-electron chi connectivity index (χ3n) is 3.53. The van der Waals surface area contributed by atoms with Gasteiger partial charge in [-0.25, -0.2) is 9.79 Å². The molecule has 0 saturated carbocycles. The molecule has 0 amide bonds. The van der Waals surface area contributed by atoms with Crippen molar-refractivity contribution in [1.29, 1.82) is 0 Å². The summed E-state index contributed by atoms with van der Waals surface area (Å²) < 4.78 is 6.24. The van der Waals surface area contributed by atoms with E-state index in [1.807, 2.05) is 56.3 Å². The second kappa shape index (κ2) is 5.89. The molecule has 22 heavy (non-hydrogen) atoms. The van der Waals surface area contributed by atoms with Crippen LogP contribution in [0.4, 0.5) is 0 Å². The molecule has 0 bridgehead atoms. The lowest BCUT2D eigenvalue weighted by Crippen LogP contribution is -2.05. The van der Waals surface area contributed by atoms with Gasteiger partial charge in [0, 0.05) is 10.0 Å². The monoisotopic (exact) mass is 355 g/mol. The van der Waals surface area contributed by atoms with Crippen molar-refractivity contribution in [3.05, 3.63) is 74.9 Å². The number of nitrogens with zero attached hydrogens (tertiary/aromatic N) is 1. The van der Waals surface area contributed by atoms with Gasteiger partial charge in [-0.2, -0.15) is 0 Å². The van der Waals surface area contributed by atoms with Crippen molar-refractivity contribution >= 4 is 33.9 Å². The Morgan fingerprint density at radius 1 is 1.09 bits per heavy atom. The van der Waals surface area contributed by atoms with E-state index in [2.05, 4.69) is 20.9 Å². The summed E-state index contributed by atoms with van der Waals surface area (Å²) in [5.74, 6) is -0.0671. The zero-order valence-corrected chi connectivity index (χ0v) is 13.8. The largest absolute Gasteiger partial charge is 0.402 e. The van der Waals surface area contributed by atoms with Crippen LogP contribution < -0.4 is 0 Å². The van der Waals surface area contributed by atoms with Gasteiger partial charge in [-0.15, -0.1) is 0 Å². The Hall–Kier alpha value is -2.20. The van der Waals surface area contributed by atoms with Gasteiger partial charge >= 0.3 is 5.97 Å².